The van der Waals surface area contributed by atoms with Crippen LogP contribution in [0.25, 0.3) is 0 Å². The molecule has 2 atom stereocenters. The van der Waals surface area contributed by atoms with Crippen molar-refractivity contribution >= 4 is 0 Å². The van der Waals surface area contributed by atoms with Gasteiger partial charge in [-0.2, -0.15) is 0 Å². The number of hydrogen-bond donors (Lipinski definition) is 1. The van der Waals surface area contributed by atoms with Crippen LogP contribution in [0.15, 0.2) is 11.6 Å². The van der Waals surface area contributed by atoms with Gasteiger partial charge in [0.25, 0.3) is 0 Å². The lowest BCUT2D eigenvalue weighted by atomic mass is 9.73. The molecule has 0 amide bonds. The predicted molar refractivity (Wildman–Crippen MR) is 61.2 cm³/mol. The summed E-state index contributed by atoms with van der Waals surface area (Å²) in [6, 6.07) is 0. The fraction of sp³-hybridized carbons (Fsp3) is 0.846. The Morgan fingerprint density at radius 2 is 2.07 bits per heavy atom. The normalized spacial score (nSPS) is 33.1. The zero-order valence-electron chi connectivity index (χ0n) is 10.0. The molecule has 0 aromatic rings. The van der Waals surface area contributed by atoms with Crippen LogP contribution in [0.4, 0.5) is 0 Å². The predicted octanol–water partition coefficient (Wildman–Crippen LogP) is 3.53. The molecular weight excluding hydrogens is 172 g/mol. The first-order valence-corrected chi connectivity index (χ1v) is 5.81. The zero-order chi connectivity index (χ0) is 10.8. The van der Waals surface area contributed by atoms with Crippen LogP contribution in [-0.4, -0.2) is 10.7 Å². The summed E-state index contributed by atoms with van der Waals surface area (Å²) in [4.78, 5) is 0. The second-order valence-corrected chi connectivity index (χ2v) is 5.43. The molecule has 0 saturated heterocycles. The molecule has 0 aromatic heterocycles. The molecule has 0 radical (unpaired) electrons. The average molecular weight is 196 g/mol. The van der Waals surface area contributed by atoms with Gasteiger partial charge >= 0.3 is 0 Å². The first-order valence-electron chi connectivity index (χ1n) is 5.81. The van der Waals surface area contributed by atoms with Crippen LogP contribution in [0, 0.1) is 11.8 Å². The molecule has 14 heavy (non-hydrogen) atoms. The lowest BCUT2D eigenvalue weighted by Gasteiger charge is -2.37. The molecule has 1 heteroatoms. The van der Waals surface area contributed by atoms with Crippen molar-refractivity contribution in [1.29, 1.82) is 0 Å². The summed E-state index contributed by atoms with van der Waals surface area (Å²) in [5.74, 6) is 1.40. The van der Waals surface area contributed by atoms with Gasteiger partial charge in [0, 0.05) is 0 Å². The SMILES string of the molecule is CC(C)=CC1(O)CCCC(C(C)C)C1. The van der Waals surface area contributed by atoms with Crippen molar-refractivity contribution in [2.75, 3.05) is 0 Å². The van der Waals surface area contributed by atoms with E-state index in [1.807, 2.05) is 0 Å². The molecule has 1 saturated carbocycles. The van der Waals surface area contributed by atoms with Crippen LogP contribution in [0.5, 0.6) is 0 Å². The maximum absolute atomic E-state index is 10.4. The molecular formula is C13H24O. The van der Waals surface area contributed by atoms with Crippen molar-refractivity contribution in [3.63, 3.8) is 0 Å². The van der Waals surface area contributed by atoms with E-state index < -0.39 is 5.60 Å². The molecule has 1 N–H and O–H groups in total. The van der Waals surface area contributed by atoms with Gasteiger partial charge in [0.05, 0.1) is 5.60 Å². The topological polar surface area (TPSA) is 20.2 Å². The Hall–Kier alpha value is -0.300. The van der Waals surface area contributed by atoms with Crippen LogP contribution < -0.4 is 0 Å². The van der Waals surface area contributed by atoms with E-state index in [9.17, 15) is 5.11 Å². The van der Waals surface area contributed by atoms with E-state index in [1.165, 1.54) is 18.4 Å². The summed E-state index contributed by atoms with van der Waals surface area (Å²) in [6.07, 6.45) is 6.42. The highest BCUT2D eigenvalue weighted by Crippen LogP contribution is 2.37. The standard InChI is InChI=1S/C13H24O/c1-10(2)8-13(14)7-5-6-12(9-13)11(3)4/h8,11-12,14H,5-7,9H2,1-4H3. The van der Waals surface area contributed by atoms with Crippen molar-refractivity contribution in [3.05, 3.63) is 11.6 Å². The van der Waals surface area contributed by atoms with Crippen molar-refractivity contribution in [3.8, 4) is 0 Å². The minimum atomic E-state index is -0.508. The summed E-state index contributed by atoms with van der Waals surface area (Å²) in [5.41, 5.74) is 0.725. The molecule has 2 unspecified atom stereocenters. The molecule has 0 aromatic carbocycles. The van der Waals surface area contributed by atoms with Gasteiger partial charge in [0.15, 0.2) is 0 Å². The summed E-state index contributed by atoms with van der Waals surface area (Å²) < 4.78 is 0. The number of aliphatic hydroxyl groups is 1. The van der Waals surface area contributed by atoms with E-state index in [-0.39, 0.29) is 0 Å². The van der Waals surface area contributed by atoms with Crippen molar-refractivity contribution in [2.45, 2.75) is 59.0 Å². The summed E-state index contributed by atoms with van der Waals surface area (Å²) in [5, 5.41) is 10.4. The minimum absolute atomic E-state index is 0.508. The van der Waals surface area contributed by atoms with Crippen LogP contribution in [0.3, 0.4) is 0 Å². The highest BCUT2D eigenvalue weighted by Gasteiger charge is 2.33. The first kappa shape index (κ1) is 11.8. The minimum Gasteiger partial charge on any atom is -0.386 e. The van der Waals surface area contributed by atoms with Gasteiger partial charge in [-0.05, 0) is 51.4 Å². The van der Waals surface area contributed by atoms with Crippen molar-refractivity contribution < 1.29 is 5.11 Å². The van der Waals surface area contributed by atoms with Gasteiger partial charge in [0.2, 0.25) is 0 Å². The Morgan fingerprint density at radius 1 is 1.43 bits per heavy atom. The first-order chi connectivity index (χ1) is 6.43. The molecule has 1 rings (SSSR count). The van der Waals surface area contributed by atoms with E-state index >= 15 is 0 Å². The van der Waals surface area contributed by atoms with Gasteiger partial charge in [-0.1, -0.05) is 25.5 Å². The smallest absolute Gasteiger partial charge is 0.0832 e. The van der Waals surface area contributed by atoms with Gasteiger partial charge < -0.3 is 5.11 Å². The summed E-state index contributed by atoms with van der Waals surface area (Å²) >= 11 is 0. The van der Waals surface area contributed by atoms with Gasteiger partial charge in [-0.3, -0.25) is 0 Å². The van der Waals surface area contributed by atoms with E-state index in [2.05, 4.69) is 33.8 Å². The third kappa shape index (κ3) is 3.13. The van der Waals surface area contributed by atoms with Gasteiger partial charge in [-0.25, -0.2) is 0 Å². The Bertz CT molecular complexity index is 213. The Morgan fingerprint density at radius 3 is 2.57 bits per heavy atom. The Kier molecular flexibility index (Phi) is 3.77. The molecule has 1 aliphatic rings. The molecule has 0 bridgehead atoms. The molecule has 1 nitrogen and oxygen atoms in total. The highest BCUT2D eigenvalue weighted by molar-refractivity contribution is 5.08. The largest absolute Gasteiger partial charge is 0.386 e. The van der Waals surface area contributed by atoms with E-state index in [4.69, 9.17) is 0 Å². The molecule has 1 fully saturated rings. The van der Waals surface area contributed by atoms with Crippen molar-refractivity contribution in [1.82, 2.24) is 0 Å². The van der Waals surface area contributed by atoms with Crippen molar-refractivity contribution in [2.24, 2.45) is 11.8 Å². The molecule has 1 aliphatic carbocycles. The van der Waals surface area contributed by atoms with Gasteiger partial charge in [0.1, 0.15) is 0 Å². The maximum atomic E-state index is 10.4. The second kappa shape index (κ2) is 4.48. The molecule has 0 spiro atoms. The Balaban J connectivity index is 2.67. The fourth-order valence-electron chi connectivity index (χ4n) is 2.57. The summed E-state index contributed by atoms with van der Waals surface area (Å²) in [7, 11) is 0. The summed E-state index contributed by atoms with van der Waals surface area (Å²) in [6.45, 7) is 8.66. The van der Waals surface area contributed by atoms with E-state index in [0.717, 1.165) is 12.8 Å². The van der Waals surface area contributed by atoms with E-state index in [0.29, 0.717) is 11.8 Å². The van der Waals surface area contributed by atoms with Crippen LogP contribution in [0.1, 0.15) is 53.4 Å². The maximum Gasteiger partial charge on any atom is 0.0832 e. The fourth-order valence-corrected chi connectivity index (χ4v) is 2.57. The number of allylic oxidation sites excluding steroid dienone is 1. The van der Waals surface area contributed by atoms with Crippen LogP contribution in [0.2, 0.25) is 0 Å². The molecule has 0 aliphatic heterocycles. The third-order valence-electron chi connectivity index (χ3n) is 3.30. The molecule has 0 heterocycles. The quantitative estimate of drug-likeness (QED) is 0.670. The highest BCUT2D eigenvalue weighted by atomic mass is 16.3. The van der Waals surface area contributed by atoms with Crippen LogP contribution in [-0.2, 0) is 0 Å². The van der Waals surface area contributed by atoms with E-state index in [1.54, 1.807) is 0 Å². The lowest BCUT2D eigenvalue weighted by molar-refractivity contribution is 0.0168. The monoisotopic (exact) mass is 196 g/mol. The second-order valence-electron chi connectivity index (χ2n) is 5.43. The third-order valence-corrected chi connectivity index (χ3v) is 3.30. The average Bonchev–Trinajstić information content (AvgIpc) is 2.01. The lowest BCUT2D eigenvalue weighted by Crippen LogP contribution is -2.35. The molecule has 82 valence electrons. The zero-order valence-corrected chi connectivity index (χ0v) is 10.0. The number of rotatable bonds is 2. The van der Waals surface area contributed by atoms with Gasteiger partial charge in [-0.15, -0.1) is 0 Å². The number of hydrogen-bond acceptors (Lipinski definition) is 1. The Labute approximate surface area is 88.2 Å². The van der Waals surface area contributed by atoms with Crippen LogP contribution >= 0.6 is 0 Å².